The third-order valence-electron chi connectivity index (χ3n) is 2.70. The molecule has 0 spiro atoms. The lowest BCUT2D eigenvalue weighted by atomic mass is 10.2. The first-order valence-electron chi connectivity index (χ1n) is 5.65. The van der Waals surface area contributed by atoms with Gasteiger partial charge in [-0.1, -0.05) is 45.2 Å². The van der Waals surface area contributed by atoms with Crippen LogP contribution in [0.3, 0.4) is 0 Å². The molecule has 2 rings (SSSR count). The highest BCUT2D eigenvalue weighted by Crippen LogP contribution is 2.34. The molecular formula is C13H9Br2Cl2NO2S. The fourth-order valence-electron chi connectivity index (χ4n) is 1.62. The van der Waals surface area contributed by atoms with Crippen LogP contribution in [0.15, 0.2) is 44.2 Å². The summed E-state index contributed by atoms with van der Waals surface area (Å²) in [7, 11) is -3.79. The third kappa shape index (κ3) is 3.74. The Morgan fingerprint density at radius 2 is 1.76 bits per heavy atom. The molecule has 0 radical (unpaired) electrons. The highest BCUT2D eigenvalue weighted by molar-refractivity contribution is 9.11. The number of rotatable bonds is 3. The van der Waals surface area contributed by atoms with E-state index in [0.29, 0.717) is 8.95 Å². The molecule has 0 aliphatic carbocycles. The Morgan fingerprint density at radius 1 is 1.10 bits per heavy atom. The zero-order chi connectivity index (χ0) is 15.8. The molecule has 3 nitrogen and oxygen atoms in total. The summed E-state index contributed by atoms with van der Waals surface area (Å²) in [5.74, 6) is 0. The molecule has 0 amide bonds. The van der Waals surface area contributed by atoms with Crippen molar-refractivity contribution in [2.45, 2.75) is 11.8 Å². The molecule has 0 saturated heterocycles. The number of benzene rings is 2. The molecule has 112 valence electrons. The maximum atomic E-state index is 12.5. The lowest BCUT2D eigenvalue weighted by Gasteiger charge is -2.12. The normalized spacial score (nSPS) is 11.5. The van der Waals surface area contributed by atoms with Gasteiger partial charge in [-0.25, -0.2) is 8.42 Å². The quantitative estimate of drug-likeness (QED) is 0.628. The van der Waals surface area contributed by atoms with Crippen LogP contribution in [-0.2, 0) is 10.0 Å². The standard InChI is InChI=1S/C13H9Br2Cl2NO2S/c1-7-5-9(15)12(6-8(7)14)21(19,20)18-11-4-2-3-10(16)13(11)17/h2-6,18H,1H3. The first-order valence-corrected chi connectivity index (χ1v) is 9.47. The fraction of sp³-hybridized carbons (Fsp3) is 0.0769. The summed E-state index contributed by atoms with van der Waals surface area (Å²) >= 11 is 18.5. The summed E-state index contributed by atoms with van der Waals surface area (Å²) in [5, 5.41) is 0.436. The lowest BCUT2D eigenvalue weighted by Crippen LogP contribution is -2.14. The van der Waals surface area contributed by atoms with Crippen LogP contribution in [0, 0.1) is 6.92 Å². The summed E-state index contributed by atoms with van der Waals surface area (Å²) in [5.41, 5.74) is 1.15. The van der Waals surface area contributed by atoms with E-state index in [1.165, 1.54) is 6.07 Å². The molecule has 0 atom stereocenters. The van der Waals surface area contributed by atoms with Gasteiger partial charge in [0.1, 0.15) is 4.90 Å². The summed E-state index contributed by atoms with van der Waals surface area (Å²) < 4.78 is 28.6. The molecule has 8 heteroatoms. The summed E-state index contributed by atoms with van der Waals surface area (Å²) in [6.07, 6.45) is 0. The van der Waals surface area contributed by atoms with Gasteiger partial charge in [0, 0.05) is 8.95 Å². The second kappa shape index (κ2) is 6.46. The van der Waals surface area contributed by atoms with Gasteiger partial charge in [0.25, 0.3) is 10.0 Å². The molecule has 0 unspecified atom stereocenters. The van der Waals surface area contributed by atoms with E-state index < -0.39 is 10.0 Å². The van der Waals surface area contributed by atoms with Crippen LogP contribution in [0.2, 0.25) is 10.0 Å². The topological polar surface area (TPSA) is 46.2 Å². The molecule has 0 saturated carbocycles. The zero-order valence-corrected chi connectivity index (χ0v) is 16.1. The minimum Gasteiger partial charge on any atom is -0.278 e. The van der Waals surface area contributed by atoms with Gasteiger partial charge in [-0.05, 0) is 52.7 Å². The monoisotopic (exact) mass is 471 g/mol. The van der Waals surface area contributed by atoms with Gasteiger partial charge in [-0.2, -0.15) is 0 Å². The van der Waals surface area contributed by atoms with Crippen molar-refractivity contribution in [3.63, 3.8) is 0 Å². The molecule has 0 bridgehead atoms. The predicted molar refractivity (Wildman–Crippen MR) is 93.8 cm³/mol. The number of hydrogen-bond acceptors (Lipinski definition) is 2. The Bertz CT molecular complexity index is 810. The van der Waals surface area contributed by atoms with Gasteiger partial charge in [-0.3, -0.25) is 4.72 Å². The zero-order valence-electron chi connectivity index (χ0n) is 10.6. The molecule has 0 fully saturated rings. The second-order valence-corrected chi connectivity index (χ2v) is 8.38. The molecule has 2 aromatic rings. The van der Waals surface area contributed by atoms with Crippen LogP contribution in [0.5, 0.6) is 0 Å². The Kier molecular flexibility index (Phi) is 5.26. The van der Waals surface area contributed by atoms with E-state index in [4.69, 9.17) is 23.2 Å². The van der Waals surface area contributed by atoms with E-state index in [9.17, 15) is 8.42 Å². The molecule has 0 aliphatic heterocycles. The van der Waals surface area contributed by atoms with Crippen molar-refractivity contribution in [2.75, 3.05) is 4.72 Å². The van der Waals surface area contributed by atoms with Gasteiger partial charge >= 0.3 is 0 Å². The summed E-state index contributed by atoms with van der Waals surface area (Å²) in [6, 6.07) is 7.99. The largest absolute Gasteiger partial charge is 0.278 e. The Hall–Kier alpha value is -0.270. The number of halogens is 4. The smallest absolute Gasteiger partial charge is 0.263 e. The van der Waals surface area contributed by atoms with Gasteiger partial charge in [0.2, 0.25) is 0 Å². The Labute approximate surface area is 150 Å². The van der Waals surface area contributed by atoms with E-state index in [2.05, 4.69) is 36.6 Å². The van der Waals surface area contributed by atoms with E-state index in [0.717, 1.165) is 5.56 Å². The molecule has 0 aromatic heterocycles. The summed E-state index contributed by atoms with van der Waals surface area (Å²) in [6.45, 7) is 1.87. The Balaban J connectivity index is 2.48. The van der Waals surface area contributed by atoms with Crippen molar-refractivity contribution < 1.29 is 8.42 Å². The van der Waals surface area contributed by atoms with Crippen molar-refractivity contribution in [3.05, 3.63) is 54.9 Å². The van der Waals surface area contributed by atoms with E-state index in [-0.39, 0.29) is 20.6 Å². The fourth-order valence-corrected chi connectivity index (χ4v) is 4.77. The third-order valence-corrected chi connectivity index (χ3v) is 6.70. The Morgan fingerprint density at radius 3 is 2.43 bits per heavy atom. The van der Waals surface area contributed by atoms with E-state index in [1.807, 2.05) is 6.92 Å². The maximum absolute atomic E-state index is 12.5. The first-order chi connectivity index (χ1) is 9.72. The predicted octanol–water partition coefficient (Wildman–Crippen LogP) is 5.63. The number of hydrogen-bond donors (Lipinski definition) is 1. The van der Waals surface area contributed by atoms with Crippen molar-refractivity contribution in [3.8, 4) is 0 Å². The van der Waals surface area contributed by atoms with Crippen LogP contribution in [-0.4, -0.2) is 8.42 Å². The van der Waals surface area contributed by atoms with Crippen LogP contribution in [0.1, 0.15) is 5.56 Å². The van der Waals surface area contributed by atoms with Crippen molar-refractivity contribution in [2.24, 2.45) is 0 Å². The van der Waals surface area contributed by atoms with Gasteiger partial charge in [0.05, 0.1) is 15.7 Å². The average Bonchev–Trinajstić information content (AvgIpc) is 2.39. The minimum atomic E-state index is -3.79. The molecule has 1 N–H and O–H groups in total. The van der Waals surface area contributed by atoms with E-state index >= 15 is 0 Å². The number of anilines is 1. The minimum absolute atomic E-state index is 0.107. The second-order valence-electron chi connectivity index (χ2n) is 4.24. The molecule has 0 aliphatic rings. The van der Waals surface area contributed by atoms with Crippen LogP contribution >= 0.6 is 55.1 Å². The lowest BCUT2D eigenvalue weighted by molar-refractivity contribution is 0.600. The van der Waals surface area contributed by atoms with Gasteiger partial charge in [0.15, 0.2) is 0 Å². The van der Waals surface area contributed by atoms with Gasteiger partial charge < -0.3 is 0 Å². The number of nitrogens with one attached hydrogen (secondary N) is 1. The van der Waals surface area contributed by atoms with Gasteiger partial charge in [-0.15, -0.1) is 0 Å². The van der Waals surface area contributed by atoms with Crippen LogP contribution < -0.4 is 4.72 Å². The number of aryl methyl sites for hydroxylation is 1. The van der Waals surface area contributed by atoms with Crippen molar-refractivity contribution in [1.82, 2.24) is 0 Å². The van der Waals surface area contributed by atoms with E-state index in [1.54, 1.807) is 24.3 Å². The molecule has 21 heavy (non-hydrogen) atoms. The highest BCUT2D eigenvalue weighted by atomic mass is 79.9. The highest BCUT2D eigenvalue weighted by Gasteiger charge is 2.20. The van der Waals surface area contributed by atoms with Crippen molar-refractivity contribution >= 4 is 70.8 Å². The first kappa shape index (κ1) is 17.1. The number of sulfonamides is 1. The SMILES string of the molecule is Cc1cc(Br)c(S(=O)(=O)Nc2cccc(Cl)c2Cl)cc1Br. The molecule has 0 heterocycles. The molecular weight excluding hydrogens is 465 g/mol. The average molecular weight is 474 g/mol. The summed E-state index contributed by atoms with van der Waals surface area (Å²) in [4.78, 5) is 0.107. The molecule has 2 aromatic carbocycles. The van der Waals surface area contributed by atoms with Crippen LogP contribution in [0.25, 0.3) is 0 Å². The maximum Gasteiger partial charge on any atom is 0.263 e. The van der Waals surface area contributed by atoms with Crippen LogP contribution in [0.4, 0.5) is 5.69 Å². The van der Waals surface area contributed by atoms with Crippen molar-refractivity contribution in [1.29, 1.82) is 0 Å².